The Balaban J connectivity index is 1.40. The van der Waals surface area contributed by atoms with Gasteiger partial charge in [-0.25, -0.2) is 4.98 Å². The minimum Gasteiger partial charge on any atom is -0.365 e. The third-order valence-electron chi connectivity index (χ3n) is 5.80. The standard InChI is InChI=1S/C22H24N8O/c1-15-7-8-16(26-21-18-14-28(2)27-19(18)9-10-23-21)13-29(15)22(31)17-5-3-4-6-20(17)30-24-11-12-25-30/h3-6,9-12,14-16H,7-8,13H2,1-2H3,(H,23,26)/t15-,16-/m1/s1. The molecule has 1 aromatic carbocycles. The molecule has 0 radical (unpaired) electrons. The number of amides is 1. The van der Waals surface area contributed by atoms with Crippen LogP contribution in [0.5, 0.6) is 0 Å². The zero-order valence-electron chi connectivity index (χ0n) is 17.5. The number of nitrogens with zero attached hydrogens (tertiary/aromatic N) is 7. The van der Waals surface area contributed by atoms with E-state index in [1.807, 2.05) is 48.5 Å². The van der Waals surface area contributed by atoms with Crippen molar-refractivity contribution in [3.8, 4) is 5.69 Å². The van der Waals surface area contributed by atoms with Gasteiger partial charge in [0.2, 0.25) is 0 Å². The van der Waals surface area contributed by atoms with Crippen molar-refractivity contribution in [3.63, 3.8) is 0 Å². The maximum absolute atomic E-state index is 13.5. The minimum atomic E-state index is -0.0144. The van der Waals surface area contributed by atoms with Crippen molar-refractivity contribution in [1.29, 1.82) is 0 Å². The predicted octanol–water partition coefficient (Wildman–Crippen LogP) is 2.65. The lowest BCUT2D eigenvalue weighted by Gasteiger charge is -2.38. The SMILES string of the molecule is C[C@@H]1CC[C@@H](Nc2nccc3nn(C)cc23)CN1C(=O)c1ccccc1-n1nccn1. The van der Waals surface area contributed by atoms with E-state index in [4.69, 9.17) is 0 Å². The van der Waals surface area contributed by atoms with E-state index < -0.39 is 0 Å². The number of fused-ring (bicyclic) bond motifs is 1. The molecule has 1 saturated heterocycles. The van der Waals surface area contributed by atoms with Crippen LogP contribution in [0.3, 0.4) is 0 Å². The van der Waals surface area contributed by atoms with Crippen molar-refractivity contribution < 1.29 is 4.79 Å². The zero-order chi connectivity index (χ0) is 21.4. The summed E-state index contributed by atoms with van der Waals surface area (Å²) in [4.78, 5) is 21.5. The lowest BCUT2D eigenvalue weighted by Crippen LogP contribution is -2.50. The monoisotopic (exact) mass is 416 g/mol. The third-order valence-corrected chi connectivity index (χ3v) is 5.80. The van der Waals surface area contributed by atoms with Gasteiger partial charge in [-0.2, -0.15) is 20.1 Å². The lowest BCUT2D eigenvalue weighted by atomic mass is 9.97. The van der Waals surface area contributed by atoms with E-state index in [0.29, 0.717) is 17.8 Å². The molecule has 0 unspecified atom stereocenters. The largest absolute Gasteiger partial charge is 0.365 e. The van der Waals surface area contributed by atoms with Crippen LogP contribution < -0.4 is 5.32 Å². The molecule has 1 fully saturated rings. The Morgan fingerprint density at radius 2 is 1.90 bits per heavy atom. The van der Waals surface area contributed by atoms with Crippen LogP contribution in [-0.2, 0) is 7.05 Å². The number of rotatable bonds is 4. The highest BCUT2D eigenvalue weighted by atomic mass is 16.2. The molecule has 0 spiro atoms. The molecule has 3 aromatic heterocycles. The quantitative estimate of drug-likeness (QED) is 0.550. The molecule has 1 amide bonds. The fourth-order valence-electron chi connectivity index (χ4n) is 4.20. The molecule has 0 saturated carbocycles. The van der Waals surface area contributed by atoms with E-state index in [1.165, 1.54) is 4.80 Å². The molecule has 9 heteroatoms. The molecule has 2 atom stereocenters. The van der Waals surface area contributed by atoms with Gasteiger partial charge < -0.3 is 10.2 Å². The summed E-state index contributed by atoms with van der Waals surface area (Å²) in [5.41, 5.74) is 2.18. The zero-order valence-corrected chi connectivity index (χ0v) is 17.5. The van der Waals surface area contributed by atoms with Gasteiger partial charge in [-0.1, -0.05) is 12.1 Å². The number of pyridine rings is 1. The first-order valence-electron chi connectivity index (χ1n) is 10.4. The molecule has 31 heavy (non-hydrogen) atoms. The van der Waals surface area contributed by atoms with Crippen LogP contribution >= 0.6 is 0 Å². The number of aromatic nitrogens is 6. The highest BCUT2D eigenvalue weighted by Crippen LogP contribution is 2.26. The van der Waals surface area contributed by atoms with Crippen molar-refractivity contribution >= 4 is 22.6 Å². The van der Waals surface area contributed by atoms with Crippen molar-refractivity contribution in [2.75, 3.05) is 11.9 Å². The summed E-state index contributed by atoms with van der Waals surface area (Å²) in [5.74, 6) is 0.790. The second-order valence-corrected chi connectivity index (χ2v) is 7.96. The summed E-state index contributed by atoms with van der Waals surface area (Å²) in [5, 5.41) is 17.4. The Kier molecular flexibility index (Phi) is 4.85. The number of aryl methyl sites for hydroxylation is 1. The maximum Gasteiger partial charge on any atom is 0.256 e. The van der Waals surface area contributed by atoms with E-state index in [-0.39, 0.29) is 18.0 Å². The van der Waals surface area contributed by atoms with Crippen molar-refractivity contribution in [2.45, 2.75) is 31.8 Å². The van der Waals surface area contributed by atoms with E-state index in [0.717, 1.165) is 29.6 Å². The number of benzene rings is 1. The fourth-order valence-corrected chi connectivity index (χ4v) is 4.20. The third kappa shape index (κ3) is 3.63. The molecule has 1 aliphatic heterocycles. The van der Waals surface area contributed by atoms with Crippen molar-refractivity contribution in [1.82, 2.24) is 34.7 Å². The molecular formula is C22H24N8O. The average molecular weight is 416 g/mol. The van der Waals surface area contributed by atoms with Crippen LogP contribution in [0, 0.1) is 0 Å². The molecule has 0 aliphatic carbocycles. The van der Waals surface area contributed by atoms with Crippen molar-refractivity contribution in [3.05, 3.63) is 60.7 Å². The Labute approximate surface area is 179 Å². The lowest BCUT2D eigenvalue weighted by molar-refractivity contribution is 0.0621. The number of anilines is 1. The van der Waals surface area contributed by atoms with Crippen LogP contribution in [-0.4, -0.2) is 59.2 Å². The van der Waals surface area contributed by atoms with E-state index in [2.05, 4.69) is 32.5 Å². The summed E-state index contributed by atoms with van der Waals surface area (Å²) in [6.45, 7) is 2.70. The molecule has 9 nitrogen and oxygen atoms in total. The molecular weight excluding hydrogens is 392 g/mol. The van der Waals surface area contributed by atoms with Crippen LogP contribution in [0.25, 0.3) is 16.6 Å². The smallest absolute Gasteiger partial charge is 0.256 e. The van der Waals surface area contributed by atoms with Crippen LogP contribution in [0.1, 0.15) is 30.1 Å². The molecule has 4 aromatic rings. The first kappa shape index (κ1) is 19.2. The van der Waals surface area contributed by atoms with E-state index >= 15 is 0 Å². The average Bonchev–Trinajstić information content (AvgIpc) is 3.44. The first-order valence-corrected chi connectivity index (χ1v) is 10.4. The highest BCUT2D eigenvalue weighted by molar-refractivity contribution is 5.98. The highest BCUT2D eigenvalue weighted by Gasteiger charge is 2.31. The molecule has 0 bridgehead atoms. The Bertz CT molecular complexity index is 1220. The van der Waals surface area contributed by atoms with Gasteiger partial charge >= 0.3 is 0 Å². The topological polar surface area (TPSA) is 93.8 Å². The Hall–Kier alpha value is -3.75. The minimum absolute atomic E-state index is 0.0144. The van der Waals surface area contributed by atoms with Gasteiger partial charge in [0.05, 0.1) is 34.5 Å². The number of hydrogen-bond acceptors (Lipinski definition) is 6. The van der Waals surface area contributed by atoms with Gasteiger partial charge in [0.1, 0.15) is 5.82 Å². The molecule has 4 heterocycles. The van der Waals surface area contributed by atoms with E-state index in [9.17, 15) is 4.79 Å². The summed E-state index contributed by atoms with van der Waals surface area (Å²) in [7, 11) is 1.90. The van der Waals surface area contributed by atoms with Gasteiger partial charge in [0.15, 0.2) is 0 Å². The number of piperidine rings is 1. The van der Waals surface area contributed by atoms with E-state index in [1.54, 1.807) is 23.3 Å². The summed E-state index contributed by atoms with van der Waals surface area (Å²) >= 11 is 0. The normalized spacial score (nSPS) is 19.0. The summed E-state index contributed by atoms with van der Waals surface area (Å²) < 4.78 is 1.79. The molecule has 1 N–H and O–H groups in total. The second-order valence-electron chi connectivity index (χ2n) is 7.96. The van der Waals surface area contributed by atoms with Crippen molar-refractivity contribution in [2.24, 2.45) is 7.05 Å². The Morgan fingerprint density at radius 3 is 2.74 bits per heavy atom. The van der Waals surface area contributed by atoms with Crippen LogP contribution in [0.2, 0.25) is 0 Å². The maximum atomic E-state index is 13.5. The summed E-state index contributed by atoms with van der Waals surface area (Å²) in [6, 6.07) is 9.62. The van der Waals surface area contributed by atoms with Gasteiger partial charge in [-0.05, 0) is 38.0 Å². The molecule has 5 rings (SSSR count). The van der Waals surface area contributed by atoms with Gasteiger partial charge in [0.25, 0.3) is 5.91 Å². The van der Waals surface area contributed by atoms with Crippen LogP contribution in [0.15, 0.2) is 55.1 Å². The first-order chi connectivity index (χ1) is 15.1. The Morgan fingerprint density at radius 1 is 1.10 bits per heavy atom. The van der Waals surface area contributed by atoms with Gasteiger partial charge in [-0.15, -0.1) is 0 Å². The number of hydrogen-bond donors (Lipinski definition) is 1. The predicted molar refractivity (Wildman–Crippen MR) is 117 cm³/mol. The second kappa shape index (κ2) is 7.82. The molecule has 1 aliphatic rings. The fraction of sp³-hybridized carbons (Fsp3) is 0.318. The van der Waals surface area contributed by atoms with Crippen LogP contribution in [0.4, 0.5) is 5.82 Å². The summed E-state index contributed by atoms with van der Waals surface area (Å²) in [6.07, 6.45) is 8.82. The number of likely N-dealkylation sites (tertiary alicyclic amines) is 1. The van der Waals surface area contributed by atoms with Gasteiger partial charge in [0, 0.05) is 38.1 Å². The molecule has 158 valence electrons. The number of carbonyl (C=O) groups is 1. The van der Waals surface area contributed by atoms with Gasteiger partial charge in [-0.3, -0.25) is 9.48 Å². The number of nitrogens with one attached hydrogen (secondary N) is 1. The number of carbonyl (C=O) groups excluding carboxylic acids is 1. The number of para-hydroxylation sites is 1.